The lowest BCUT2D eigenvalue weighted by Crippen LogP contribution is -2.23. The highest BCUT2D eigenvalue weighted by atomic mass is 16.6. The molecule has 0 radical (unpaired) electrons. The first kappa shape index (κ1) is 22.2. The van der Waals surface area contributed by atoms with Crippen LogP contribution in [0.1, 0.15) is 92.6 Å². The van der Waals surface area contributed by atoms with Crippen LogP contribution in [-0.2, 0) is 0 Å². The van der Waals surface area contributed by atoms with Gasteiger partial charge in [0.25, 0.3) is 5.69 Å². The van der Waals surface area contributed by atoms with E-state index in [1.807, 2.05) is 18.2 Å². The van der Waals surface area contributed by atoms with Crippen LogP contribution in [0.2, 0.25) is 0 Å². The molecule has 0 amide bonds. The van der Waals surface area contributed by atoms with E-state index >= 15 is 0 Å². The molecule has 0 heterocycles. The smallest absolute Gasteiger partial charge is 0.269 e. The zero-order chi connectivity index (χ0) is 21.5. The van der Waals surface area contributed by atoms with Crippen molar-refractivity contribution in [2.24, 2.45) is 11.8 Å². The number of ketones is 1. The van der Waals surface area contributed by atoms with Crippen molar-refractivity contribution >= 4 is 11.5 Å². The summed E-state index contributed by atoms with van der Waals surface area (Å²) in [6.07, 6.45) is 9.82. The highest BCUT2D eigenvalue weighted by Gasteiger charge is 2.32. The maximum absolute atomic E-state index is 12.4. The van der Waals surface area contributed by atoms with Crippen LogP contribution in [0.4, 0.5) is 5.69 Å². The molecule has 1 unspecified atom stereocenters. The molecule has 2 aromatic rings. The fourth-order valence-electron chi connectivity index (χ4n) is 5.10. The highest BCUT2D eigenvalue weighted by molar-refractivity contribution is 5.96. The van der Waals surface area contributed by atoms with Gasteiger partial charge < -0.3 is 0 Å². The van der Waals surface area contributed by atoms with Gasteiger partial charge in [0.1, 0.15) is 0 Å². The molecule has 4 heteroatoms. The summed E-state index contributed by atoms with van der Waals surface area (Å²) >= 11 is 0. The van der Waals surface area contributed by atoms with E-state index in [2.05, 4.69) is 19.1 Å². The number of hydrogen-bond acceptors (Lipinski definition) is 3. The van der Waals surface area contributed by atoms with Crippen molar-refractivity contribution in [3.63, 3.8) is 0 Å². The van der Waals surface area contributed by atoms with Gasteiger partial charge in [-0.1, -0.05) is 75.8 Å². The maximum Gasteiger partial charge on any atom is 0.269 e. The largest absolute Gasteiger partial charge is 0.295 e. The molecule has 1 fully saturated rings. The predicted molar refractivity (Wildman–Crippen MR) is 121 cm³/mol. The normalized spacial score (nSPS) is 19.9. The number of hydrogen-bond donors (Lipinski definition) is 0. The molecule has 0 N–H and O–H groups in total. The summed E-state index contributed by atoms with van der Waals surface area (Å²) in [6.45, 7) is 3.80. The summed E-state index contributed by atoms with van der Waals surface area (Å²) in [5, 5.41) is 11.5. The third-order valence-corrected chi connectivity index (χ3v) is 6.70. The number of nitro groups is 1. The molecule has 30 heavy (non-hydrogen) atoms. The van der Waals surface area contributed by atoms with Crippen molar-refractivity contribution < 1.29 is 9.72 Å². The number of rotatable bonds is 9. The molecule has 1 saturated carbocycles. The SMILES string of the molecule is CCCCCC1CCC(C(c2ccccc2)c2cc([N+](=O)[O-])ccc2C(C)=O)CC1. The summed E-state index contributed by atoms with van der Waals surface area (Å²) in [5.41, 5.74) is 2.64. The van der Waals surface area contributed by atoms with Gasteiger partial charge in [0.2, 0.25) is 0 Å². The van der Waals surface area contributed by atoms with E-state index in [4.69, 9.17) is 0 Å². The number of non-ortho nitro benzene ring substituents is 1. The lowest BCUT2D eigenvalue weighted by atomic mass is 9.69. The molecular formula is C26H33NO3. The van der Waals surface area contributed by atoms with Crippen LogP contribution in [0, 0.1) is 22.0 Å². The molecule has 1 atom stereocenters. The first-order valence-corrected chi connectivity index (χ1v) is 11.4. The Bertz CT molecular complexity index is 854. The molecule has 160 valence electrons. The average Bonchev–Trinajstić information content (AvgIpc) is 2.76. The van der Waals surface area contributed by atoms with Crippen LogP contribution in [0.15, 0.2) is 48.5 Å². The number of benzene rings is 2. The Morgan fingerprint density at radius 3 is 2.37 bits per heavy atom. The Morgan fingerprint density at radius 1 is 1.07 bits per heavy atom. The summed E-state index contributed by atoms with van der Waals surface area (Å²) in [6, 6.07) is 15.0. The molecule has 0 bridgehead atoms. The van der Waals surface area contributed by atoms with E-state index in [1.165, 1.54) is 44.6 Å². The van der Waals surface area contributed by atoms with Crippen molar-refractivity contribution in [2.75, 3.05) is 0 Å². The number of carbonyl (C=O) groups is 1. The van der Waals surface area contributed by atoms with Crippen LogP contribution in [0.5, 0.6) is 0 Å². The maximum atomic E-state index is 12.4. The van der Waals surface area contributed by atoms with Crippen LogP contribution in [0.25, 0.3) is 0 Å². The molecule has 2 aromatic carbocycles. The standard InChI is InChI=1S/C26H33NO3/c1-3-4-6-9-20-12-14-22(15-13-20)26(21-10-7-5-8-11-21)25-18-23(27(29)30)16-17-24(25)19(2)28/h5,7-8,10-11,16-18,20,22,26H,3-4,6,9,12-15H2,1-2H3. The van der Waals surface area contributed by atoms with Gasteiger partial charge in [-0.05, 0) is 48.8 Å². The minimum atomic E-state index is -0.361. The zero-order valence-corrected chi connectivity index (χ0v) is 18.2. The van der Waals surface area contributed by atoms with Crippen molar-refractivity contribution in [1.29, 1.82) is 0 Å². The minimum absolute atomic E-state index is 0.0154. The van der Waals surface area contributed by atoms with Gasteiger partial charge in [-0.25, -0.2) is 0 Å². The van der Waals surface area contributed by atoms with Crippen molar-refractivity contribution in [1.82, 2.24) is 0 Å². The predicted octanol–water partition coefficient (Wildman–Crippen LogP) is 7.32. The third-order valence-electron chi connectivity index (χ3n) is 6.70. The Hall–Kier alpha value is -2.49. The number of Topliss-reactive ketones (excluding diaryl/α,β-unsaturated/α-hetero) is 1. The lowest BCUT2D eigenvalue weighted by molar-refractivity contribution is -0.384. The quantitative estimate of drug-likeness (QED) is 0.189. The fraction of sp³-hybridized carbons (Fsp3) is 0.500. The monoisotopic (exact) mass is 407 g/mol. The Kier molecular flexibility index (Phi) is 7.78. The topological polar surface area (TPSA) is 60.2 Å². The van der Waals surface area contributed by atoms with Gasteiger partial charge in [0, 0.05) is 23.6 Å². The van der Waals surface area contributed by atoms with Crippen molar-refractivity contribution in [3.8, 4) is 0 Å². The summed E-state index contributed by atoms with van der Waals surface area (Å²) in [4.78, 5) is 23.5. The molecular weight excluding hydrogens is 374 g/mol. The Balaban J connectivity index is 1.93. The van der Waals surface area contributed by atoms with Gasteiger partial charge in [-0.2, -0.15) is 0 Å². The van der Waals surface area contributed by atoms with E-state index in [-0.39, 0.29) is 22.3 Å². The number of nitrogens with zero attached hydrogens (tertiary/aromatic N) is 1. The van der Waals surface area contributed by atoms with Crippen LogP contribution in [0.3, 0.4) is 0 Å². The van der Waals surface area contributed by atoms with Gasteiger partial charge >= 0.3 is 0 Å². The van der Waals surface area contributed by atoms with E-state index < -0.39 is 0 Å². The number of unbranched alkanes of at least 4 members (excludes halogenated alkanes) is 2. The van der Waals surface area contributed by atoms with Crippen molar-refractivity contribution in [3.05, 3.63) is 75.3 Å². The molecule has 4 nitrogen and oxygen atoms in total. The second-order valence-electron chi connectivity index (χ2n) is 8.75. The molecule has 3 rings (SSSR count). The molecule has 0 spiro atoms. The van der Waals surface area contributed by atoms with Gasteiger partial charge in [-0.3, -0.25) is 14.9 Å². The van der Waals surface area contributed by atoms with E-state index in [0.717, 1.165) is 29.9 Å². The van der Waals surface area contributed by atoms with E-state index in [1.54, 1.807) is 19.1 Å². The zero-order valence-electron chi connectivity index (χ0n) is 18.2. The van der Waals surface area contributed by atoms with E-state index in [9.17, 15) is 14.9 Å². The van der Waals surface area contributed by atoms with Gasteiger partial charge in [-0.15, -0.1) is 0 Å². The third kappa shape index (κ3) is 5.35. The van der Waals surface area contributed by atoms with Crippen LogP contribution in [-0.4, -0.2) is 10.7 Å². The molecule has 0 aliphatic heterocycles. The highest BCUT2D eigenvalue weighted by Crippen LogP contribution is 2.44. The molecule has 0 saturated heterocycles. The first-order valence-electron chi connectivity index (χ1n) is 11.4. The number of carbonyl (C=O) groups excluding carboxylic acids is 1. The lowest BCUT2D eigenvalue weighted by Gasteiger charge is -2.35. The summed E-state index contributed by atoms with van der Waals surface area (Å²) in [7, 11) is 0. The van der Waals surface area contributed by atoms with Crippen molar-refractivity contribution in [2.45, 2.75) is 71.1 Å². The molecule has 1 aliphatic carbocycles. The second-order valence-corrected chi connectivity index (χ2v) is 8.75. The molecule has 0 aromatic heterocycles. The average molecular weight is 408 g/mol. The van der Waals surface area contributed by atoms with Crippen LogP contribution < -0.4 is 0 Å². The van der Waals surface area contributed by atoms with E-state index in [0.29, 0.717) is 11.5 Å². The minimum Gasteiger partial charge on any atom is -0.295 e. The van der Waals surface area contributed by atoms with Gasteiger partial charge in [0.05, 0.1) is 4.92 Å². The second kappa shape index (κ2) is 10.5. The summed E-state index contributed by atoms with van der Waals surface area (Å²) < 4.78 is 0. The summed E-state index contributed by atoms with van der Waals surface area (Å²) in [5.74, 6) is 1.17. The van der Waals surface area contributed by atoms with Gasteiger partial charge in [0.15, 0.2) is 5.78 Å². The van der Waals surface area contributed by atoms with Crippen LogP contribution >= 0.6 is 0 Å². The number of nitro benzene ring substituents is 1. The molecule has 1 aliphatic rings. The fourth-order valence-corrected chi connectivity index (χ4v) is 5.10. The first-order chi connectivity index (χ1) is 14.5. The Labute approximate surface area is 179 Å². The Morgan fingerprint density at radius 2 is 1.77 bits per heavy atom.